The van der Waals surface area contributed by atoms with Gasteiger partial charge in [0.15, 0.2) is 5.11 Å². The van der Waals surface area contributed by atoms with Crippen molar-refractivity contribution < 1.29 is 9.53 Å². The summed E-state index contributed by atoms with van der Waals surface area (Å²) in [5, 5.41) is 4.73. The first-order valence-electron chi connectivity index (χ1n) is 9.55. The number of esters is 1. The number of thiocarbonyl (C=S) groups is 1. The molecule has 1 aromatic carbocycles. The molecule has 1 fully saturated rings. The first-order chi connectivity index (χ1) is 13.5. The van der Waals surface area contributed by atoms with Crippen LogP contribution < -0.4 is 5.32 Å². The molecule has 0 saturated carbocycles. The molecule has 0 unspecified atom stereocenters. The Morgan fingerprint density at radius 3 is 2.61 bits per heavy atom. The largest absolute Gasteiger partial charge is 0.465 e. The quantitative estimate of drug-likeness (QED) is 0.588. The van der Waals surface area contributed by atoms with Crippen LogP contribution in [0.4, 0.5) is 5.00 Å². The number of piperazine rings is 1. The van der Waals surface area contributed by atoms with Gasteiger partial charge in [0, 0.05) is 37.6 Å². The summed E-state index contributed by atoms with van der Waals surface area (Å²) < 4.78 is 4.91. The zero-order chi connectivity index (χ0) is 20.1. The van der Waals surface area contributed by atoms with E-state index in [2.05, 4.69) is 53.2 Å². The highest BCUT2D eigenvalue weighted by molar-refractivity contribution is 7.80. The van der Waals surface area contributed by atoms with Gasteiger partial charge < -0.3 is 15.0 Å². The van der Waals surface area contributed by atoms with E-state index < -0.39 is 0 Å². The molecule has 1 N–H and O–H groups in total. The summed E-state index contributed by atoms with van der Waals surface area (Å²) in [4.78, 5) is 17.8. The first kappa shape index (κ1) is 20.8. The summed E-state index contributed by atoms with van der Waals surface area (Å²) in [6, 6.07) is 10.4. The lowest BCUT2D eigenvalue weighted by Crippen LogP contribution is -2.49. The van der Waals surface area contributed by atoms with Crippen molar-refractivity contribution in [3.63, 3.8) is 0 Å². The van der Waals surface area contributed by atoms with Crippen molar-refractivity contribution in [1.82, 2.24) is 9.80 Å². The number of hydrogen-bond donors (Lipinski definition) is 1. The zero-order valence-electron chi connectivity index (χ0n) is 16.7. The Kier molecular flexibility index (Phi) is 7.04. The molecule has 0 aliphatic carbocycles. The van der Waals surface area contributed by atoms with Gasteiger partial charge in [-0.05, 0) is 42.8 Å². The average Bonchev–Trinajstić information content (AvgIpc) is 3.12. The minimum absolute atomic E-state index is 0.329. The van der Waals surface area contributed by atoms with Crippen LogP contribution in [-0.2, 0) is 17.7 Å². The van der Waals surface area contributed by atoms with Gasteiger partial charge in [-0.15, -0.1) is 11.3 Å². The van der Waals surface area contributed by atoms with E-state index in [1.165, 1.54) is 18.2 Å². The topological polar surface area (TPSA) is 44.8 Å². The molecule has 0 atom stereocenters. The molecule has 2 heterocycles. The molecule has 7 heteroatoms. The van der Waals surface area contributed by atoms with E-state index in [0.29, 0.717) is 10.7 Å². The molecule has 3 rings (SSSR count). The maximum atomic E-state index is 12.0. The number of hydrogen-bond acceptors (Lipinski definition) is 5. The number of aryl methyl sites for hydroxylation is 2. The van der Waals surface area contributed by atoms with Crippen molar-refractivity contribution in [2.45, 2.75) is 26.8 Å². The predicted octanol–water partition coefficient (Wildman–Crippen LogP) is 3.92. The van der Waals surface area contributed by atoms with E-state index in [0.717, 1.165) is 49.0 Å². The molecule has 150 valence electrons. The third kappa shape index (κ3) is 4.90. The Balaban J connectivity index is 1.58. The molecule has 1 aliphatic heterocycles. The van der Waals surface area contributed by atoms with Crippen molar-refractivity contribution in [1.29, 1.82) is 0 Å². The van der Waals surface area contributed by atoms with Gasteiger partial charge in [-0.1, -0.05) is 31.2 Å². The molecule has 2 aromatic rings. The molecular formula is C21H27N3O2S2. The second-order valence-corrected chi connectivity index (χ2v) is 8.44. The second kappa shape index (κ2) is 9.49. The number of rotatable bonds is 5. The monoisotopic (exact) mass is 417 g/mol. The van der Waals surface area contributed by atoms with Gasteiger partial charge in [-0.25, -0.2) is 4.79 Å². The summed E-state index contributed by atoms with van der Waals surface area (Å²) in [6.45, 7) is 8.87. The Labute approximate surface area is 176 Å². The summed E-state index contributed by atoms with van der Waals surface area (Å²) in [5.41, 5.74) is 3.27. The van der Waals surface area contributed by atoms with E-state index in [4.69, 9.17) is 17.0 Å². The van der Waals surface area contributed by atoms with Crippen LogP contribution in [0, 0.1) is 6.92 Å². The smallest absolute Gasteiger partial charge is 0.340 e. The lowest BCUT2D eigenvalue weighted by atomic mass is 10.1. The lowest BCUT2D eigenvalue weighted by Gasteiger charge is -2.36. The Morgan fingerprint density at radius 2 is 1.96 bits per heavy atom. The van der Waals surface area contributed by atoms with Crippen LogP contribution in [0.1, 0.15) is 33.3 Å². The summed E-state index contributed by atoms with van der Waals surface area (Å²) in [6.07, 6.45) is 0.876. The van der Waals surface area contributed by atoms with Gasteiger partial charge in [0.1, 0.15) is 5.00 Å². The maximum absolute atomic E-state index is 12.0. The van der Waals surface area contributed by atoms with Gasteiger partial charge in [0.05, 0.1) is 12.7 Å². The summed E-state index contributed by atoms with van der Waals surface area (Å²) in [7, 11) is 1.40. The van der Waals surface area contributed by atoms with Crippen molar-refractivity contribution in [2.75, 3.05) is 38.6 Å². The molecule has 0 bridgehead atoms. The maximum Gasteiger partial charge on any atom is 0.340 e. The molecule has 1 aliphatic rings. The number of carbonyl (C=O) groups is 1. The van der Waals surface area contributed by atoms with E-state index in [9.17, 15) is 4.79 Å². The first-order valence-corrected chi connectivity index (χ1v) is 10.8. The number of carbonyl (C=O) groups excluding carboxylic acids is 1. The number of nitrogens with zero attached hydrogens (tertiary/aromatic N) is 2. The van der Waals surface area contributed by atoms with Gasteiger partial charge >= 0.3 is 5.97 Å². The minimum atomic E-state index is -0.329. The number of benzene rings is 1. The highest BCUT2D eigenvalue weighted by Gasteiger charge is 2.22. The van der Waals surface area contributed by atoms with E-state index in [-0.39, 0.29) is 5.97 Å². The van der Waals surface area contributed by atoms with Crippen LogP contribution >= 0.6 is 23.6 Å². The fraction of sp³-hybridized carbons (Fsp3) is 0.429. The van der Waals surface area contributed by atoms with Crippen LogP contribution in [0.25, 0.3) is 0 Å². The van der Waals surface area contributed by atoms with Crippen LogP contribution in [-0.4, -0.2) is 54.2 Å². The molecular weight excluding hydrogens is 390 g/mol. The highest BCUT2D eigenvalue weighted by atomic mass is 32.1. The molecule has 1 aromatic heterocycles. The number of thiophene rings is 1. The Hall–Kier alpha value is -1.96. The molecule has 0 spiro atoms. The second-order valence-electron chi connectivity index (χ2n) is 6.92. The summed E-state index contributed by atoms with van der Waals surface area (Å²) in [5.74, 6) is -0.329. The predicted molar refractivity (Wildman–Crippen MR) is 119 cm³/mol. The van der Waals surface area contributed by atoms with Crippen LogP contribution in [0.5, 0.6) is 0 Å². The fourth-order valence-electron chi connectivity index (χ4n) is 3.28. The van der Waals surface area contributed by atoms with E-state index >= 15 is 0 Å². The number of anilines is 1. The highest BCUT2D eigenvalue weighted by Crippen LogP contribution is 2.29. The molecule has 0 amide bonds. The number of ether oxygens (including phenoxy) is 1. The zero-order valence-corrected chi connectivity index (χ0v) is 18.3. The number of nitrogens with one attached hydrogen (secondary N) is 1. The lowest BCUT2D eigenvalue weighted by molar-refractivity contribution is 0.0602. The molecule has 0 radical (unpaired) electrons. The average molecular weight is 418 g/mol. The molecule has 1 saturated heterocycles. The van der Waals surface area contributed by atoms with Crippen molar-refractivity contribution >= 4 is 39.6 Å². The van der Waals surface area contributed by atoms with Gasteiger partial charge in [0.25, 0.3) is 0 Å². The minimum Gasteiger partial charge on any atom is -0.465 e. The van der Waals surface area contributed by atoms with Gasteiger partial charge in [0.2, 0.25) is 0 Å². The fourth-order valence-corrected chi connectivity index (χ4v) is 4.62. The molecule has 5 nitrogen and oxygen atoms in total. The van der Waals surface area contributed by atoms with Gasteiger partial charge in [-0.3, -0.25) is 4.90 Å². The van der Waals surface area contributed by atoms with Crippen LogP contribution in [0.15, 0.2) is 30.3 Å². The van der Waals surface area contributed by atoms with E-state index in [1.807, 2.05) is 6.07 Å². The van der Waals surface area contributed by atoms with Crippen LogP contribution in [0.3, 0.4) is 0 Å². The summed E-state index contributed by atoms with van der Waals surface area (Å²) >= 11 is 7.19. The third-order valence-electron chi connectivity index (χ3n) is 5.07. The Morgan fingerprint density at radius 1 is 1.25 bits per heavy atom. The standard InChI is InChI=1S/C21H27N3O2S2/c1-4-17-13-18(20(25)26-3)19(28-17)22-21(27)24-11-9-23(10-12-24)14-16-8-6-5-7-15(16)2/h5-8,13H,4,9-12,14H2,1-3H3,(H,22,27). The normalized spacial score (nSPS) is 14.8. The third-order valence-corrected chi connectivity index (χ3v) is 6.63. The Bertz CT molecular complexity index is 842. The van der Waals surface area contributed by atoms with Crippen molar-refractivity contribution in [3.05, 3.63) is 51.9 Å². The van der Waals surface area contributed by atoms with Crippen molar-refractivity contribution in [2.24, 2.45) is 0 Å². The molecule has 28 heavy (non-hydrogen) atoms. The number of methoxy groups -OCH3 is 1. The van der Waals surface area contributed by atoms with Crippen molar-refractivity contribution in [3.8, 4) is 0 Å². The van der Waals surface area contributed by atoms with E-state index in [1.54, 1.807) is 11.3 Å². The van der Waals surface area contributed by atoms with Crippen LogP contribution in [0.2, 0.25) is 0 Å². The van der Waals surface area contributed by atoms with Gasteiger partial charge in [-0.2, -0.15) is 0 Å². The SMILES string of the molecule is CCc1cc(C(=O)OC)c(NC(=S)N2CCN(Cc3ccccc3C)CC2)s1.